The van der Waals surface area contributed by atoms with Gasteiger partial charge in [-0.25, -0.2) is 4.39 Å². The summed E-state index contributed by atoms with van der Waals surface area (Å²) in [5.74, 6) is -0.844. The Kier molecular flexibility index (Phi) is 3.23. The Labute approximate surface area is 103 Å². The van der Waals surface area contributed by atoms with Gasteiger partial charge in [-0.3, -0.25) is 4.79 Å². The van der Waals surface area contributed by atoms with E-state index in [9.17, 15) is 14.4 Å². The zero-order valence-electron chi connectivity index (χ0n) is 9.68. The number of nitrogens with one attached hydrogen (secondary N) is 1. The SMILES string of the molecule is Cc1ccc(NC(=O)c2ccc[n+]([O-])c2)cc1F. The summed E-state index contributed by atoms with van der Waals surface area (Å²) in [6.07, 6.45) is 2.43. The van der Waals surface area contributed by atoms with Crippen molar-refractivity contribution in [1.29, 1.82) is 0 Å². The van der Waals surface area contributed by atoms with E-state index in [0.29, 0.717) is 16.0 Å². The monoisotopic (exact) mass is 246 g/mol. The number of pyridine rings is 1. The summed E-state index contributed by atoms with van der Waals surface area (Å²) in [5.41, 5.74) is 1.07. The van der Waals surface area contributed by atoms with Crippen LogP contribution < -0.4 is 10.0 Å². The van der Waals surface area contributed by atoms with E-state index in [0.717, 1.165) is 6.20 Å². The van der Waals surface area contributed by atoms with Crippen LogP contribution in [0, 0.1) is 17.9 Å². The molecule has 0 aliphatic rings. The summed E-state index contributed by atoms with van der Waals surface area (Å²) >= 11 is 0. The second kappa shape index (κ2) is 4.83. The molecule has 0 saturated heterocycles. The summed E-state index contributed by atoms with van der Waals surface area (Å²) in [7, 11) is 0. The highest BCUT2D eigenvalue weighted by Crippen LogP contribution is 2.14. The standard InChI is InChI=1S/C13H11FN2O2/c1-9-4-5-11(7-12(9)14)15-13(17)10-3-2-6-16(18)8-10/h2-8H,1H3,(H,15,17). The number of carbonyl (C=O) groups excluding carboxylic acids is 1. The molecule has 0 aliphatic carbocycles. The van der Waals surface area contributed by atoms with Gasteiger partial charge in [0.1, 0.15) is 11.4 Å². The number of carbonyl (C=O) groups is 1. The van der Waals surface area contributed by atoms with Crippen molar-refractivity contribution < 1.29 is 13.9 Å². The molecule has 0 atom stereocenters. The van der Waals surface area contributed by atoms with Crippen molar-refractivity contribution in [2.45, 2.75) is 6.92 Å². The van der Waals surface area contributed by atoms with Crippen LogP contribution in [-0.2, 0) is 0 Å². The zero-order valence-corrected chi connectivity index (χ0v) is 9.68. The quantitative estimate of drug-likeness (QED) is 0.651. The second-order valence-corrected chi connectivity index (χ2v) is 3.87. The average molecular weight is 246 g/mol. The van der Waals surface area contributed by atoms with Crippen molar-refractivity contribution in [3.63, 3.8) is 0 Å². The van der Waals surface area contributed by atoms with E-state index >= 15 is 0 Å². The lowest BCUT2D eigenvalue weighted by Gasteiger charge is -2.06. The smallest absolute Gasteiger partial charge is 0.261 e. The fraction of sp³-hybridized carbons (Fsp3) is 0.0769. The molecule has 1 amide bonds. The minimum Gasteiger partial charge on any atom is -0.619 e. The molecule has 0 unspecified atom stereocenters. The topological polar surface area (TPSA) is 56.0 Å². The van der Waals surface area contributed by atoms with Crippen LogP contribution in [0.5, 0.6) is 0 Å². The third-order valence-corrected chi connectivity index (χ3v) is 2.47. The Morgan fingerprint density at radius 3 is 2.83 bits per heavy atom. The largest absolute Gasteiger partial charge is 0.619 e. The van der Waals surface area contributed by atoms with Gasteiger partial charge in [-0.1, -0.05) is 6.07 Å². The summed E-state index contributed by atoms with van der Waals surface area (Å²) in [5, 5.41) is 13.5. The Morgan fingerprint density at radius 1 is 1.39 bits per heavy atom. The van der Waals surface area contributed by atoms with Crippen LogP contribution in [0.2, 0.25) is 0 Å². The maximum Gasteiger partial charge on any atom is 0.261 e. The maximum atomic E-state index is 13.3. The first-order valence-electron chi connectivity index (χ1n) is 5.32. The van der Waals surface area contributed by atoms with Gasteiger partial charge in [0.25, 0.3) is 5.91 Å². The van der Waals surface area contributed by atoms with Gasteiger partial charge >= 0.3 is 0 Å². The minimum absolute atomic E-state index is 0.216. The molecular weight excluding hydrogens is 235 g/mol. The number of halogens is 1. The van der Waals surface area contributed by atoms with E-state index in [1.54, 1.807) is 19.1 Å². The number of hydrogen-bond donors (Lipinski definition) is 1. The summed E-state index contributed by atoms with van der Waals surface area (Å²) < 4.78 is 13.8. The molecule has 1 N–H and O–H groups in total. The van der Waals surface area contributed by atoms with Gasteiger partial charge in [-0.15, -0.1) is 0 Å². The normalized spacial score (nSPS) is 10.1. The van der Waals surface area contributed by atoms with Crippen LogP contribution in [0.3, 0.4) is 0 Å². The fourth-order valence-corrected chi connectivity index (χ4v) is 1.46. The first-order valence-corrected chi connectivity index (χ1v) is 5.32. The Morgan fingerprint density at radius 2 is 2.17 bits per heavy atom. The summed E-state index contributed by atoms with van der Waals surface area (Å²) in [6.45, 7) is 1.64. The molecular formula is C13H11FN2O2. The average Bonchev–Trinajstić information content (AvgIpc) is 2.34. The highest BCUT2D eigenvalue weighted by atomic mass is 19.1. The number of aromatic nitrogens is 1. The molecule has 92 valence electrons. The summed E-state index contributed by atoms with van der Waals surface area (Å²) in [6, 6.07) is 7.39. The van der Waals surface area contributed by atoms with Crippen LogP contribution in [0.1, 0.15) is 15.9 Å². The van der Waals surface area contributed by atoms with Crippen LogP contribution in [0.25, 0.3) is 0 Å². The Bertz CT molecular complexity index is 599. The van der Waals surface area contributed by atoms with Crippen LogP contribution in [0.4, 0.5) is 10.1 Å². The van der Waals surface area contributed by atoms with Crippen molar-refractivity contribution in [3.05, 3.63) is 64.9 Å². The molecule has 0 bridgehead atoms. The van der Waals surface area contributed by atoms with Gasteiger partial charge in [0.15, 0.2) is 12.4 Å². The van der Waals surface area contributed by atoms with E-state index < -0.39 is 5.91 Å². The van der Waals surface area contributed by atoms with Crippen LogP contribution in [-0.4, -0.2) is 5.91 Å². The van der Waals surface area contributed by atoms with Gasteiger partial charge in [0, 0.05) is 11.8 Å². The maximum absolute atomic E-state index is 13.3. The number of hydrogen-bond acceptors (Lipinski definition) is 2. The second-order valence-electron chi connectivity index (χ2n) is 3.87. The highest BCUT2D eigenvalue weighted by molar-refractivity contribution is 6.03. The van der Waals surface area contributed by atoms with Gasteiger partial charge < -0.3 is 10.5 Å². The van der Waals surface area contributed by atoms with Gasteiger partial charge in [-0.05, 0) is 30.7 Å². The molecule has 0 saturated carbocycles. The minimum atomic E-state index is -0.455. The van der Waals surface area contributed by atoms with Crippen LogP contribution >= 0.6 is 0 Å². The van der Waals surface area contributed by atoms with E-state index in [4.69, 9.17) is 0 Å². The third-order valence-electron chi connectivity index (χ3n) is 2.47. The van der Waals surface area contributed by atoms with Crippen molar-refractivity contribution in [2.75, 3.05) is 5.32 Å². The number of nitrogens with zero attached hydrogens (tertiary/aromatic N) is 1. The molecule has 4 nitrogen and oxygen atoms in total. The van der Waals surface area contributed by atoms with E-state index in [1.807, 2.05) is 0 Å². The molecule has 2 aromatic rings. The summed E-state index contributed by atoms with van der Waals surface area (Å²) in [4.78, 5) is 11.8. The molecule has 1 aromatic heterocycles. The number of rotatable bonds is 2. The lowest BCUT2D eigenvalue weighted by molar-refractivity contribution is -0.605. The lowest BCUT2D eigenvalue weighted by Crippen LogP contribution is -2.27. The van der Waals surface area contributed by atoms with E-state index in [2.05, 4.69) is 5.32 Å². The van der Waals surface area contributed by atoms with Crippen molar-refractivity contribution in [2.24, 2.45) is 0 Å². The first-order chi connectivity index (χ1) is 8.56. The molecule has 1 aromatic carbocycles. The van der Waals surface area contributed by atoms with Crippen molar-refractivity contribution >= 4 is 11.6 Å². The van der Waals surface area contributed by atoms with Gasteiger partial charge in [-0.2, -0.15) is 4.73 Å². The Balaban J connectivity index is 2.18. The zero-order chi connectivity index (χ0) is 13.1. The lowest BCUT2D eigenvalue weighted by atomic mass is 10.2. The predicted octanol–water partition coefficient (Wildman–Crippen LogP) is 2.02. The molecule has 0 radical (unpaired) electrons. The van der Waals surface area contributed by atoms with Crippen LogP contribution in [0.15, 0.2) is 42.7 Å². The van der Waals surface area contributed by atoms with E-state index in [-0.39, 0.29) is 11.4 Å². The molecule has 18 heavy (non-hydrogen) atoms. The van der Waals surface area contributed by atoms with E-state index in [1.165, 1.54) is 24.4 Å². The molecule has 0 fully saturated rings. The van der Waals surface area contributed by atoms with Gasteiger partial charge in [0.05, 0.1) is 0 Å². The third kappa shape index (κ3) is 2.63. The predicted molar refractivity (Wildman–Crippen MR) is 64.5 cm³/mol. The number of anilines is 1. The fourth-order valence-electron chi connectivity index (χ4n) is 1.46. The highest BCUT2D eigenvalue weighted by Gasteiger charge is 2.09. The molecule has 2 rings (SSSR count). The number of benzene rings is 1. The van der Waals surface area contributed by atoms with Crippen molar-refractivity contribution in [1.82, 2.24) is 0 Å². The molecule has 0 aliphatic heterocycles. The van der Waals surface area contributed by atoms with Crippen molar-refractivity contribution in [3.8, 4) is 0 Å². The molecule has 1 heterocycles. The molecule has 0 spiro atoms. The number of amides is 1. The number of aryl methyl sites for hydroxylation is 1. The van der Waals surface area contributed by atoms with Gasteiger partial charge in [0.2, 0.25) is 0 Å². The Hall–Kier alpha value is -2.43. The first kappa shape index (κ1) is 12.0. The molecule has 5 heteroatoms.